The number of piperidine rings is 1. The van der Waals surface area contributed by atoms with Crippen molar-refractivity contribution in [2.45, 2.75) is 44.3 Å². The van der Waals surface area contributed by atoms with Crippen LogP contribution in [0.1, 0.15) is 33.1 Å². The van der Waals surface area contributed by atoms with Gasteiger partial charge >= 0.3 is 0 Å². The number of nitrogens with zero attached hydrogens (tertiary/aromatic N) is 5. The Morgan fingerprint density at radius 1 is 1.38 bits per heavy atom. The van der Waals surface area contributed by atoms with Gasteiger partial charge in [-0.05, 0) is 33.1 Å². The average Bonchev–Trinajstić information content (AvgIpc) is 3.15. The van der Waals surface area contributed by atoms with Gasteiger partial charge in [-0.15, -0.1) is 10.2 Å². The van der Waals surface area contributed by atoms with E-state index >= 15 is 0 Å². The van der Waals surface area contributed by atoms with E-state index in [9.17, 15) is 9.59 Å². The molecule has 0 radical (unpaired) electrons. The molecule has 24 heavy (non-hydrogen) atoms. The summed E-state index contributed by atoms with van der Waals surface area (Å²) in [7, 11) is 1.86. The van der Waals surface area contributed by atoms with Crippen LogP contribution in [0.3, 0.4) is 0 Å². The molecule has 1 atom stereocenters. The second kappa shape index (κ2) is 6.74. The van der Waals surface area contributed by atoms with Crippen molar-refractivity contribution in [1.29, 1.82) is 0 Å². The molecule has 2 amide bonds. The summed E-state index contributed by atoms with van der Waals surface area (Å²) in [5, 5.41) is 8.53. The van der Waals surface area contributed by atoms with Crippen molar-refractivity contribution < 1.29 is 9.59 Å². The zero-order chi connectivity index (χ0) is 17.3. The van der Waals surface area contributed by atoms with Gasteiger partial charge in [-0.2, -0.15) is 0 Å². The molecule has 3 heterocycles. The second-order valence-corrected chi connectivity index (χ2v) is 8.00. The molecular weight excluding hydrogens is 326 g/mol. The maximum absolute atomic E-state index is 12.9. The summed E-state index contributed by atoms with van der Waals surface area (Å²) in [5.74, 6) is 0.652. The highest BCUT2D eigenvalue weighted by atomic mass is 32.2. The number of thioether (sulfide) groups is 1. The average molecular weight is 351 g/mol. The SMILES string of the molecule is CC(C)N1CCC[C@]2(CCN(C(=O)CSc3nncn3C)C2)C1=O. The van der Waals surface area contributed by atoms with E-state index in [4.69, 9.17) is 0 Å². The van der Waals surface area contributed by atoms with Gasteiger partial charge in [-0.3, -0.25) is 9.59 Å². The smallest absolute Gasteiger partial charge is 0.233 e. The predicted molar refractivity (Wildman–Crippen MR) is 91.4 cm³/mol. The first-order valence-electron chi connectivity index (χ1n) is 8.48. The first kappa shape index (κ1) is 17.3. The number of rotatable bonds is 4. The minimum absolute atomic E-state index is 0.0781. The van der Waals surface area contributed by atoms with Gasteiger partial charge in [0.05, 0.1) is 11.2 Å². The first-order chi connectivity index (χ1) is 11.4. The molecule has 2 aliphatic rings. The van der Waals surface area contributed by atoms with Crippen LogP contribution in [0.25, 0.3) is 0 Å². The van der Waals surface area contributed by atoms with Gasteiger partial charge in [0, 0.05) is 32.7 Å². The van der Waals surface area contributed by atoms with Crippen molar-refractivity contribution in [1.82, 2.24) is 24.6 Å². The summed E-state index contributed by atoms with van der Waals surface area (Å²) in [6.07, 6.45) is 4.34. The van der Waals surface area contributed by atoms with Gasteiger partial charge in [0.1, 0.15) is 6.33 Å². The van der Waals surface area contributed by atoms with Crippen LogP contribution in [0.2, 0.25) is 0 Å². The van der Waals surface area contributed by atoms with Crippen LogP contribution in [-0.2, 0) is 16.6 Å². The molecule has 1 aromatic rings. The fraction of sp³-hybridized carbons (Fsp3) is 0.750. The second-order valence-electron chi connectivity index (χ2n) is 7.05. The first-order valence-corrected chi connectivity index (χ1v) is 9.47. The predicted octanol–water partition coefficient (Wildman–Crippen LogP) is 1.16. The summed E-state index contributed by atoms with van der Waals surface area (Å²) in [5.41, 5.74) is -0.354. The molecule has 1 spiro atoms. The van der Waals surface area contributed by atoms with Gasteiger partial charge in [-0.1, -0.05) is 11.8 Å². The zero-order valence-electron chi connectivity index (χ0n) is 14.6. The Balaban J connectivity index is 1.61. The van der Waals surface area contributed by atoms with E-state index in [2.05, 4.69) is 24.0 Å². The zero-order valence-corrected chi connectivity index (χ0v) is 15.4. The Morgan fingerprint density at radius 3 is 2.83 bits per heavy atom. The highest BCUT2D eigenvalue weighted by Gasteiger charge is 2.49. The van der Waals surface area contributed by atoms with Crippen LogP contribution in [0.4, 0.5) is 0 Å². The summed E-state index contributed by atoms with van der Waals surface area (Å²) in [4.78, 5) is 29.3. The van der Waals surface area contributed by atoms with E-state index in [1.54, 1.807) is 10.9 Å². The van der Waals surface area contributed by atoms with Crippen molar-refractivity contribution in [2.24, 2.45) is 12.5 Å². The molecule has 0 aromatic carbocycles. The number of aromatic nitrogens is 3. The molecule has 0 N–H and O–H groups in total. The molecule has 1 aromatic heterocycles. The number of likely N-dealkylation sites (tertiary alicyclic amines) is 2. The molecule has 8 heteroatoms. The topological polar surface area (TPSA) is 71.3 Å². The molecule has 2 aliphatic heterocycles. The lowest BCUT2D eigenvalue weighted by atomic mass is 9.78. The lowest BCUT2D eigenvalue weighted by Crippen LogP contribution is -2.52. The van der Waals surface area contributed by atoms with Crippen LogP contribution in [0.5, 0.6) is 0 Å². The van der Waals surface area contributed by atoms with Crippen LogP contribution in [0, 0.1) is 5.41 Å². The Morgan fingerprint density at radius 2 is 2.17 bits per heavy atom. The molecule has 0 saturated carbocycles. The summed E-state index contributed by atoms with van der Waals surface area (Å²) >= 11 is 1.39. The Labute approximate surface area is 146 Å². The molecule has 7 nitrogen and oxygen atoms in total. The summed E-state index contributed by atoms with van der Waals surface area (Å²) in [6.45, 7) is 6.20. The fourth-order valence-corrected chi connectivity index (χ4v) is 4.47. The molecule has 0 aliphatic carbocycles. The maximum atomic E-state index is 12.9. The maximum Gasteiger partial charge on any atom is 0.233 e. The monoisotopic (exact) mass is 351 g/mol. The Bertz CT molecular complexity index is 632. The van der Waals surface area contributed by atoms with Gasteiger partial charge in [0.25, 0.3) is 0 Å². The minimum atomic E-state index is -0.354. The van der Waals surface area contributed by atoms with Crippen molar-refractivity contribution in [3.8, 4) is 0 Å². The Hall–Kier alpha value is -1.57. The minimum Gasteiger partial charge on any atom is -0.341 e. The van der Waals surface area contributed by atoms with E-state index in [0.717, 1.165) is 31.0 Å². The van der Waals surface area contributed by atoms with E-state index in [0.29, 0.717) is 18.8 Å². The Kier molecular flexibility index (Phi) is 4.85. The third-order valence-electron chi connectivity index (χ3n) is 5.09. The quantitative estimate of drug-likeness (QED) is 0.761. The number of hydrogen-bond acceptors (Lipinski definition) is 5. The molecule has 0 unspecified atom stereocenters. The van der Waals surface area contributed by atoms with Crippen molar-refractivity contribution >= 4 is 23.6 Å². The molecule has 0 bridgehead atoms. The lowest BCUT2D eigenvalue weighted by molar-refractivity contribution is -0.148. The number of carbonyl (C=O) groups excluding carboxylic acids is 2. The third kappa shape index (κ3) is 3.16. The third-order valence-corrected chi connectivity index (χ3v) is 6.11. The van der Waals surface area contributed by atoms with Gasteiger partial charge in [-0.25, -0.2) is 0 Å². The fourth-order valence-electron chi connectivity index (χ4n) is 3.68. The summed E-state index contributed by atoms with van der Waals surface area (Å²) in [6, 6.07) is 0.228. The number of carbonyl (C=O) groups is 2. The van der Waals surface area contributed by atoms with E-state index in [-0.39, 0.29) is 23.3 Å². The van der Waals surface area contributed by atoms with Crippen LogP contribution in [0.15, 0.2) is 11.5 Å². The number of hydrogen-bond donors (Lipinski definition) is 0. The van der Waals surface area contributed by atoms with E-state index in [1.165, 1.54) is 11.8 Å². The normalized spacial score (nSPS) is 24.4. The van der Waals surface area contributed by atoms with Crippen molar-refractivity contribution in [3.05, 3.63) is 6.33 Å². The van der Waals surface area contributed by atoms with Gasteiger partial charge in [0.15, 0.2) is 5.16 Å². The van der Waals surface area contributed by atoms with Crippen LogP contribution in [-0.4, -0.2) is 67.8 Å². The van der Waals surface area contributed by atoms with Gasteiger partial charge in [0.2, 0.25) is 11.8 Å². The molecular formula is C16H25N5O2S. The van der Waals surface area contributed by atoms with Crippen LogP contribution >= 0.6 is 11.8 Å². The molecule has 132 valence electrons. The van der Waals surface area contributed by atoms with Crippen molar-refractivity contribution in [2.75, 3.05) is 25.4 Å². The van der Waals surface area contributed by atoms with Crippen LogP contribution < -0.4 is 0 Å². The lowest BCUT2D eigenvalue weighted by Gasteiger charge is -2.41. The summed E-state index contributed by atoms with van der Waals surface area (Å²) < 4.78 is 1.80. The number of amides is 2. The molecule has 3 rings (SSSR count). The highest BCUT2D eigenvalue weighted by molar-refractivity contribution is 7.99. The van der Waals surface area contributed by atoms with E-state index in [1.807, 2.05) is 16.8 Å². The largest absolute Gasteiger partial charge is 0.341 e. The molecule has 2 fully saturated rings. The standard InChI is InChI=1S/C16H25N5O2S/c1-12(2)21-7-4-5-16(14(21)23)6-8-20(10-16)13(22)9-24-15-18-17-11-19(15)3/h11-12H,4-10H2,1-3H3/t16-/m1/s1. The highest BCUT2D eigenvalue weighted by Crippen LogP contribution is 2.40. The van der Waals surface area contributed by atoms with Gasteiger partial charge < -0.3 is 14.4 Å². The van der Waals surface area contributed by atoms with Crippen molar-refractivity contribution in [3.63, 3.8) is 0 Å². The van der Waals surface area contributed by atoms with E-state index < -0.39 is 0 Å². The number of aryl methyl sites for hydroxylation is 1. The molecule has 2 saturated heterocycles.